The minimum absolute atomic E-state index is 0. The molecule has 0 amide bonds. The van der Waals surface area contributed by atoms with Crippen molar-refractivity contribution in [3.05, 3.63) is 184 Å². The van der Waals surface area contributed by atoms with E-state index in [9.17, 15) is 19.8 Å². The van der Waals surface area contributed by atoms with Crippen LogP contribution in [0.3, 0.4) is 0 Å². The van der Waals surface area contributed by atoms with Crippen LogP contribution in [0.5, 0.6) is 0 Å². The number of carboxylic acid groups (broad SMARTS) is 2. The van der Waals surface area contributed by atoms with Crippen LogP contribution >= 0.6 is 0 Å². The molecule has 9 heteroatoms. The van der Waals surface area contributed by atoms with E-state index in [0.29, 0.717) is 28.0 Å². The van der Waals surface area contributed by atoms with Gasteiger partial charge in [-0.3, -0.25) is 0 Å². The van der Waals surface area contributed by atoms with Crippen LogP contribution in [-0.4, -0.2) is 32.1 Å². The molecule has 5 heterocycles. The number of carboxylic acids is 2. The standard InChI is InChI=1S/C54H42N4O4.Zn/c1-31-8-16-35(17-9-31)48-41-24-25-42(55-41)49(36-18-10-32(2)11-19-36)44-28-29-46(57-44)51(38-22-14-34(4)15-23-38)52-39(6-5-7-40(53(59)60)54(61)62)30-47(58-52)50(45-27-26-43(48)56-45)37-20-12-33(3)13-21-37;/h5-30H,1-4H3,(H4,55,56,57,58,59,60,61,62);/q;+2/p-2/b6-5+,48-41?,48-43?,49-42?,49-44?,50-45?,50-47?,51-46?,52-51?;. The molecule has 7 aromatic rings. The minimum Gasteiger partial charge on any atom is -0.657 e. The van der Waals surface area contributed by atoms with E-state index >= 15 is 0 Å². The van der Waals surface area contributed by atoms with Crippen molar-refractivity contribution in [1.82, 2.24) is 19.9 Å². The number of fused-ring (bicyclic) bond motifs is 8. The second-order valence-corrected chi connectivity index (χ2v) is 15.6. The fourth-order valence-corrected chi connectivity index (χ4v) is 7.86. The molecule has 0 atom stereocenters. The maximum Gasteiger partial charge on any atom is 2.00 e. The minimum atomic E-state index is -1.54. The smallest absolute Gasteiger partial charge is 0.657 e. The summed E-state index contributed by atoms with van der Waals surface area (Å²) in [6.07, 6.45) is 12.3. The quantitative estimate of drug-likeness (QED) is 0.0508. The summed E-state index contributed by atoms with van der Waals surface area (Å²) in [6.45, 7) is 8.20. The summed E-state index contributed by atoms with van der Waals surface area (Å²) in [7, 11) is 0. The second kappa shape index (κ2) is 17.5. The summed E-state index contributed by atoms with van der Waals surface area (Å²) in [5, 5.41) is 19.3. The van der Waals surface area contributed by atoms with Gasteiger partial charge in [0, 0.05) is 0 Å². The number of benzene rings is 4. The normalized spacial score (nSPS) is 11.7. The number of allylic oxidation sites excluding steroid dienone is 2. The number of nitrogens with zero attached hydrogens (tertiary/aromatic N) is 4. The first-order valence-corrected chi connectivity index (χ1v) is 20.2. The Morgan fingerprint density at radius 1 is 0.476 bits per heavy atom. The van der Waals surface area contributed by atoms with Crippen molar-refractivity contribution in [2.75, 3.05) is 0 Å². The summed E-state index contributed by atoms with van der Waals surface area (Å²) < 4.78 is 0. The Balaban J connectivity index is 0.00000544. The van der Waals surface area contributed by atoms with Gasteiger partial charge in [-0.25, -0.2) is 19.6 Å². The maximum atomic E-state index is 11.9. The molecule has 8 nitrogen and oxygen atoms in total. The number of hydrogen-bond acceptors (Lipinski definition) is 4. The molecule has 3 aromatic heterocycles. The summed E-state index contributed by atoms with van der Waals surface area (Å²) in [5.74, 6) is -3.08. The number of carbonyl (C=O) groups is 2. The average Bonchev–Trinajstić information content (AvgIpc) is 4.09. The van der Waals surface area contributed by atoms with Crippen LogP contribution in [0.15, 0.2) is 133 Å². The SMILES string of the molecule is Cc1ccc(-c2c3nc(c(-c4ccc(C)cc4)c4cc(/C=C/C=C(C(=O)O)C(=O)O)c([n-]4)c(-c4ccc(C)cc4)c4nc(c(-c5ccc(C)cc5)c5ccc2[n-]5)C=C4)C=C3)cc1.[Zn+2]. The topological polar surface area (TPSA) is 129 Å². The molecule has 302 valence electrons. The van der Waals surface area contributed by atoms with Gasteiger partial charge in [-0.2, -0.15) is 0 Å². The number of aromatic nitrogens is 4. The third kappa shape index (κ3) is 8.44. The zero-order chi connectivity index (χ0) is 43.1. The molecule has 2 aliphatic heterocycles. The predicted octanol–water partition coefficient (Wildman–Crippen LogP) is 11.9. The van der Waals surface area contributed by atoms with Crippen LogP contribution in [0.1, 0.15) is 50.6 Å². The van der Waals surface area contributed by atoms with Crippen molar-refractivity contribution >= 4 is 64.4 Å². The van der Waals surface area contributed by atoms with Crippen molar-refractivity contribution in [2.45, 2.75) is 27.7 Å². The molecular weight excluding hydrogens is 834 g/mol. The Morgan fingerprint density at radius 2 is 0.825 bits per heavy atom. The van der Waals surface area contributed by atoms with Crippen molar-refractivity contribution in [3.63, 3.8) is 0 Å². The Morgan fingerprint density at radius 3 is 1.21 bits per heavy atom. The van der Waals surface area contributed by atoms with Crippen LogP contribution in [0.2, 0.25) is 0 Å². The third-order valence-electron chi connectivity index (χ3n) is 11.1. The molecule has 8 bridgehead atoms. The first kappa shape index (κ1) is 42.2. The summed E-state index contributed by atoms with van der Waals surface area (Å²) in [5.41, 5.74) is 16.8. The van der Waals surface area contributed by atoms with E-state index in [-0.39, 0.29) is 19.5 Å². The van der Waals surface area contributed by atoms with E-state index in [1.807, 2.05) is 74.5 Å². The third-order valence-corrected chi connectivity index (χ3v) is 11.1. The van der Waals surface area contributed by atoms with E-state index in [4.69, 9.17) is 19.9 Å². The molecule has 2 aliphatic rings. The molecule has 0 unspecified atom stereocenters. The molecular formula is C54H40N4O4Zn. The van der Waals surface area contributed by atoms with E-state index < -0.39 is 17.5 Å². The van der Waals surface area contributed by atoms with Crippen molar-refractivity contribution in [3.8, 4) is 44.5 Å². The molecule has 0 radical (unpaired) electrons. The Hall–Kier alpha value is -7.48. The monoisotopic (exact) mass is 872 g/mol. The summed E-state index contributed by atoms with van der Waals surface area (Å²) in [6, 6.07) is 39.2. The van der Waals surface area contributed by atoms with E-state index in [0.717, 1.165) is 95.3 Å². The number of hydrogen-bond donors (Lipinski definition) is 2. The van der Waals surface area contributed by atoms with Crippen molar-refractivity contribution < 1.29 is 39.3 Å². The van der Waals surface area contributed by atoms with Gasteiger partial charge in [-0.05, 0) is 108 Å². The largest absolute Gasteiger partial charge is 2.00 e. The molecule has 4 aromatic carbocycles. The number of aliphatic carboxylic acids is 2. The first-order chi connectivity index (χ1) is 30.0. The molecule has 0 fully saturated rings. The van der Waals surface area contributed by atoms with Gasteiger partial charge in [0.15, 0.2) is 0 Å². The zero-order valence-corrected chi connectivity index (χ0v) is 38.2. The molecule has 0 aliphatic carbocycles. The Bertz CT molecular complexity index is 3220. The molecule has 2 N–H and O–H groups in total. The van der Waals surface area contributed by atoms with Gasteiger partial charge in [0.05, 0.1) is 22.8 Å². The molecule has 0 saturated heterocycles. The maximum absolute atomic E-state index is 11.9. The van der Waals surface area contributed by atoms with Crippen LogP contribution in [0.4, 0.5) is 0 Å². The predicted molar refractivity (Wildman–Crippen MR) is 250 cm³/mol. The van der Waals surface area contributed by atoms with E-state index in [1.165, 1.54) is 6.08 Å². The van der Waals surface area contributed by atoms with Gasteiger partial charge < -0.3 is 20.2 Å². The van der Waals surface area contributed by atoms with Gasteiger partial charge in [-0.1, -0.05) is 150 Å². The average molecular weight is 874 g/mol. The van der Waals surface area contributed by atoms with Crippen molar-refractivity contribution in [2.24, 2.45) is 0 Å². The van der Waals surface area contributed by atoms with Gasteiger partial charge in [0.1, 0.15) is 5.57 Å². The first-order valence-electron chi connectivity index (χ1n) is 20.2. The summed E-state index contributed by atoms with van der Waals surface area (Å²) >= 11 is 0. The summed E-state index contributed by atoms with van der Waals surface area (Å²) in [4.78, 5) is 45.3. The number of aryl methyl sites for hydroxylation is 4. The molecule has 9 rings (SSSR count). The second-order valence-electron chi connectivity index (χ2n) is 15.6. The Kier molecular flexibility index (Phi) is 11.7. The van der Waals surface area contributed by atoms with Gasteiger partial charge in [0.2, 0.25) is 0 Å². The van der Waals surface area contributed by atoms with E-state index in [1.54, 1.807) is 6.08 Å². The van der Waals surface area contributed by atoms with Crippen LogP contribution < -0.4 is 9.97 Å². The number of rotatable bonds is 8. The Labute approximate surface area is 377 Å². The van der Waals surface area contributed by atoms with Gasteiger partial charge in [0.25, 0.3) is 0 Å². The van der Waals surface area contributed by atoms with Crippen molar-refractivity contribution in [1.29, 1.82) is 0 Å². The van der Waals surface area contributed by atoms with Gasteiger partial charge in [-0.15, -0.1) is 22.1 Å². The van der Waals surface area contributed by atoms with Crippen LogP contribution in [-0.2, 0) is 29.1 Å². The van der Waals surface area contributed by atoms with E-state index in [2.05, 4.69) is 92.7 Å². The fourth-order valence-electron chi connectivity index (χ4n) is 7.86. The zero-order valence-electron chi connectivity index (χ0n) is 35.2. The molecule has 63 heavy (non-hydrogen) atoms. The van der Waals surface area contributed by atoms with Crippen LogP contribution in [0.25, 0.3) is 97.0 Å². The molecule has 0 spiro atoms. The fraction of sp³-hybridized carbons (Fsp3) is 0.0741. The van der Waals surface area contributed by atoms with Crippen LogP contribution in [0, 0.1) is 27.7 Å². The van der Waals surface area contributed by atoms with Gasteiger partial charge >= 0.3 is 31.4 Å². The molecule has 0 saturated carbocycles.